The first-order valence-corrected chi connectivity index (χ1v) is 9.63. The summed E-state index contributed by atoms with van der Waals surface area (Å²) in [4.78, 5) is 12.0. The second-order valence-corrected chi connectivity index (χ2v) is 7.12. The van der Waals surface area contributed by atoms with Crippen molar-refractivity contribution in [1.82, 2.24) is 5.43 Å². The third-order valence-corrected chi connectivity index (χ3v) is 4.57. The van der Waals surface area contributed by atoms with E-state index in [1.54, 1.807) is 30.3 Å². The van der Waals surface area contributed by atoms with Crippen molar-refractivity contribution < 1.29 is 13.9 Å². The molecular weight excluding hydrogens is 437 g/mol. The summed E-state index contributed by atoms with van der Waals surface area (Å²) < 4.78 is 20.4. The van der Waals surface area contributed by atoms with Gasteiger partial charge in [0.1, 0.15) is 18.2 Å². The van der Waals surface area contributed by atoms with Crippen LogP contribution in [0.15, 0.2) is 76.3 Å². The molecule has 3 aromatic carbocycles. The van der Waals surface area contributed by atoms with Gasteiger partial charge in [0.05, 0.1) is 6.21 Å². The van der Waals surface area contributed by atoms with Crippen LogP contribution in [0.2, 0.25) is 0 Å². The lowest BCUT2D eigenvalue weighted by molar-refractivity contribution is 0.252. The van der Waals surface area contributed by atoms with E-state index in [-0.39, 0.29) is 12.4 Å². The van der Waals surface area contributed by atoms with Crippen LogP contribution in [-0.4, -0.2) is 12.2 Å². The lowest BCUT2D eigenvalue weighted by atomic mass is 10.2. The number of halogens is 2. The Balaban J connectivity index is 1.65. The highest BCUT2D eigenvalue weighted by molar-refractivity contribution is 9.10. The predicted octanol–water partition coefficient (Wildman–Crippen LogP) is 5.63. The van der Waals surface area contributed by atoms with Gasteiger partial charge in [-0.05, 0) is 42.8 Å². The van der Waals surface area contributed by atoms with Gasteiger partial charge in [-0.1, -0.05) is 52.3 Å². The number of hydrogen-bond acceptors (Lipinski definition) is 3. The molecule has 0 aromatic heterocycles. The Morgan fingerprint density at radius 2 is 1.90 bits per heavy atom. The molecule has 0 aliphatic heterocycles. The van der Waals surface area contributed by atoms with Crippen molar-refractivity contribution in [2.24, 2.45) is 5.10 Å². The Bertz CT molecular complexity index is 1040. The highest BCUT2D eigenvalue weighted by atomic mass is 79.9. The quantitative estimate of drug-likeness (QED) is 0.373. The summed E-state index contributed by atoms with van der Waals surface area (Å²) in [6.45, 7) is 1.98. The van der Waals surface area contributed by atoms with Crippen LogP contribution < -0.4 is 15.5 Å². The van der Waals surface area contributed by atoms with E-state index in [9.17, 15) is 9.18 Å². The van der Waals surface area contributed by atoms with E-state index in [2.05, 4.69) is 31.8 Å². The molecule has 0 spiro atoms. The summed E-state index contributed by atoms with van der Waals surface area (Å²) in [5.74, 6) is 0.190. The van der Waals surface area contributed by atoms with Crippen LogP contribution >= 0.6 is 15.9 Å². The van der Waals surface area contributed by atoms with Crippen molar-refractivity contribution in [3.8, 4) is 5.75 Å². The molecule has 0 atom stereocenters. The van der Waals surface area contributed by atoms with Crippen molar-refractivity contribution in [2.45, 2.75) is 13.5 Å². The van der Waals surface area contributed by atoms with Gasteiger partial charge in [-0.3, -0.25) is 0 Å². The first-order valence-electron chi connectivity index (χ1n) is 8.84. The van der Waals surface area contributed by atoms with Gasteiger partial charge >= 0.3 is 6.03 Å². The van der Waals surface area contributed by atoms with E-state index in [0.717, 1.165) is 10.0 Å². The number of hydrogen-bond donors (Lipinski definition) is 2. The maximum Gasteiger partial charge on any atom is 0.339 e. The molecule has 0 aliphatic rings. The van der Waals surface area contributed by atoms with Crippen molar-refractivity contribution in [1.29, 1.82) is 0 Å². The number of urea groups is 1. The summed E-state index contributed by atoms with van der Waals surface area (Å²) in [5.41, 5.74) is 5.16. The molecule has 3 rings (SSSR count). The van der Waals surface area contributed by atoms with Gasteiger partial charge < -0.3 is 10.1 Å². The molecule has 7 heteroatoms. The average Bonchev–Trinajstić information content (AvgIpc) is 2.70. The zero-order chi connectivity index (χ0) is 20.6. The molecular formula is C22H19BrFN3O2. The van der Waals surface area contributed by atoms with Crippen molar-refractivity contribution in [3.63, 3.8) is 0 Å². The largest absolute Gasteiger partial charge is 0.488 e. The lowest BCUT2D eigenvalue weighted by Gasteiger charge is -2.10. The third-order valence-electron chi connectivity index (χ3n) is 4.08. The number of nitrogens with zero attached hydrogens (tertiary/aromatic N) is 1. The van der Waals surface area contributed by atoms with Crippen LogP contribution in [0.1, 0.15) is 16.7 Å². The van der Waals surface area contributed by atoms with Crippen molar-refractivity contribution in [3.05, 3.63) is 93.7 Å². The van der Waals surface area contributed by atoms with E-state index in [4.69, 9.17) is 4.74 Å². The summed E-state index contributed by atoms with van der Waals surface area (Å²) in [5, 5.41) is 6.71. The molecule has 0 radical (unpaired) electrons. The molecule has 5 nitrogen and oxygen atoms in total. The fourth-order valence-electron chi connectivity index (χ4n) is 2.55. The highest BCUT2D eigenvalue weighted by Crippen LogP contribution is 2.23. The Labute approximate surface area is 176 Å². The predicted molar refractivity (Wildman–Crippen MR) is 116 cm³/mol. The zero-order valence-electron chi connectivity index (χ0n) is 15.7. The van der Waals surface area contributed by atoms with E-state index in [1.807, 2.05) is 37.3 Å². The van der Waals surface area contributed by atoms with Crippen LogP contribution in [0, 0.1) is 12.7 Å². The van der Waals surface area contributed by atoms with Crippen LogP contribution in [0.25, 0.3) is 0 Å². The first-order chi connectivity index (χ1) is 14.0. The number of nitrogens with one attached hydrogen (secondary N) is 2. The Kier molecular flexibility index (Phi) is 6.97. The van der Waals surface area contributed by atoms with E-state index in [0.29, 0.717) is 22.6 Å². The summed E-state index contributed by atoms with van der Waals surface area (Å²) in [6.07, 6.45) is 1.47. The molecule has 0 fully saturated rings. The van der Waals surface area contributed by atoms with Gasteiger partial charge in [-0.2, -0.15) is 5.10 Å². The Hall–Kier alpha value is -3.19. The molecule has 0 saturated carbocycles. The fourth-order valence-corrected chi connectivity index (χ4v) is 2.93. The molecule has 0 heterocycles. The van der Waals surface area contributed by atoms with Crippen LogP contribution in [0.4, 0.5) is 14.9 Å². The van der Waals surface area contributed by atoms with Gasteiger partial charge in [-0.15, -0.1) is 0 Å². The van der Waals surface area contributed by atoms with E-state index < -0.39 is 6.03 Å². The van der Waals surface area contributed by atoms with Crippen LogP contribution in [0.3, 0.4) is 0 Å². The van der Waals surface area contributed by atoms with E-state index >= 15 is 0 Å². The number of benzene rings is 3. The van der Waals surface area contributed by atoms with Crippen molar-refractivity contribution >= 4 is 33.9 Å². The topological polar surface area (TPSA) is 62.7 Å². The van der Waals surface area contributed by atoms with Gasteiger partial charge in [0.15, 0.2) is 0 Å². The molecule has 2 amide bonds. The van der Waals surface area contributed by atoms with Crippen LogP contribution in [-0.2, 0) is 6.61 Å². The summed E-state index contributed by atoms with van der Waals surface area (Å²) >= 11 is 3.40. The minimum absolute atomic E-state index is 0.0797. The number of ether oxygens (including phenoxy) is 1. The molecule has 2 N–H and O–H groups in total. The lowest BCUT2D eigenvalue weighted by Crippen LogP contribution is -2.24. The zero-order valence-corrected chi connectivity index (χ0v) is 17.2. The monoisotopic (exact) mass is 455 g/mol. The fraction of sp³-hybridized carbons (Fsp3) is 0.0909. The summed E-state index contributed by atoms with van der Waals surface area (Å²) in [7, 11) is 0. The third kappa shape index (κ3) is 5.89. The Morgan fingerprint density at radius 3 is 2.69 bits per heavy atom. The highest BCUT2D eigenvalue weighted by Gasteiger charge is 2.07. The number of amides is 2. The SMILES string of the molecule is Cc1ccccc1NC(=O)NN=Cc1cc(Br)ccc1OCc1ccccc1F. The van der Waals surface area contributed by atoms with Gasteiger partial charge in [0.25, 0.3) is 0 Å². The van der Waals surface area contributed by atoms with Crippen molar-refractivity contribution in [2.75, 3.05) is 5.32 Å². The standard InChI is InChI=1S/C22H19BrFN3O2/c1-15-6-2-5-9-20(15)26-22(28)27-25-13-17-12-18(23)10-11-21(17)29-14-16-7-3-4-8-19(16)24/h2-13H,14H2,1H3,(H2,26,27,28). The molecule has 0 saturated heterocycles. The first kappa shape index (κ1) is 20.5. The smallest absolute Gasteiger partial charge is 0.339 e. The number of carbonyl (C=O) groups is 1. The summed E-state index contributed by atoms with van der Waals surface area (Å²) in [6, 6.07) is 18.8. The Morgan fingerprint density at radius 1 is 1.14 bits per heavy atom. The minimum atomic E-state index is -0.459. The van der Waals surface area contributed by atoms with Gasteiger partial charge in [0, 0.05) is 21.3 Å². The second kappa shape index (κ2) is 9.84. The molecule has 3 aromatic rings. The number of carbonyl (C=O) groups excluding carboxylic acids is 1. The molecule has 29 heavy (non-hydrogen) atoms. The van der Waals surface area contributed by atoms with Gasteiger partial charge in [-0.25, -0.2) is 14.6 Å². The maximum atomic E-state index is 13.8. The average molecular weight is 456 g/mol. The number of anilines is 1. The number of para-hydroxylation sites is 1. The minimum Gasteiger partial charge on any atom is -0.488 e. The van der Waals surface area contributed by atoms with Crippen LogP contribution in [0.5, 0.6) is 5.75 Å². The number of aryl methyl sites for hydroxylation is 1. The molecule has 0 unspecified atom stereocenters. The molecule has 0 bridgehead atoms. The van der Waals surface area contributed by atoms with E-state index in [1.165, 1.54) is 12.3 Å². The number of rotatable bonds is 6. The molecule has 148 valence electrons. The van der Waals surface area contributed by atoms with Gasteiger partial charge in [0.2, 0.25) is 0 Å². The normalized spacial score (nSPS) is 10.7. The number of hydrazone groups is 1. The maximum absolute atomic E-state index is 13.8. The second-order valence-electron chi connectivity index (χ2n) is 6.20. The molecule has 0 aliphatic carbocycles.